The molecule has 3 N–H and O–H groups in total. The molecule has 0 aliphatic heterocycles. The van der Waals surface area contributed by atoms with Crippen molar-refractivity contribution in [2.24, 2.45) is 0 Å². The summed E-state index contributed by atoms with van der Waals surface area (Å²) < 4.78 is 106. The molecule has 2 rings (SSSR count). The number of amides is 2. The van der Waals surface area contributed by atoms with E-state index in [1.165, 1.54) is 30.0 Å². The van der Waals surface area contributed by atoms with E-state index in [2.05, 4.69) is 0 Å². The van der Waals surface area contributed by atoms with E-state index in [1.807, 2.05) is 15.6 Å². The van der Waals surface area contributed by atoms with Crippen molar-refractivity contribution in [1.82, 2.24) is 15.6 Å². The molecule has 198 valence electrons. The molecule has 0 unspecified atom stereocenters. The van der Waals surface area contributed by atoms with Gasteiger partial charge in [-0.15, -0.1) is 0 Å². The third-order valence-electron chi connectivity index (χ3n) is 4.51. The van der Waals surface area contributed by atoms with Gasteiger partial charge in [-0.1, -0.05) is 23.7 Å². The van der Waals surface area contributed by atoms with Crippen LogP contribution in [0, 0.1) is 0 Å². The minimum atomic E-state index is -5.27. The second-order valence-electron chi connectivity index (χ2n) is 7.12. The number of sulfonamides is 1. The summed E-state index contributed by atoms with van der Waals surface area (Å²) in [7, 11) is -5.05. The molecule has 0 bridgehead atoms. The first-order chi connectivity index (χ1) is 16.6. The molecule has 36 heavy (non-hydrogen) atoms. The van der Waals surface area contributed by atoms with Crippen LogP contribution in [0.4, 0.5) is 26.3 Å². The number of benzene rings is 2. The van der Waals surface area contributed by atoms with Gasteiger partial charge in [-0.2, -0.15) is 42.8 Å². The maximum Gasteiger partial charge on any atom is 0.416 e. The van der Waals surface area contributed by atoms with Crippen LogP contribution in [0.5, 0.6) is 0 Å². The molecule has 0 aliphatic rings. The van der Waals surface area contributed by atoms with Gasteiger partial charge in [0.1, 0.15) is 6.04 Å². The van der Waals surface area contributed by atoms with E-state index >= 15 is 0 Å². The van der Waals surface area contributed by atoms with Crippen LogP contribution in [0.3, 0.4) is 0 Å². The number of alkyl halides is 6. The first-order valence-electron chi connectivity index (χ1n) is 9.71. The number of carbonyl (C=O) groups excluding carboxylic acids is 2. The Labute approximate surface area is 211 Å². The molecule has 7 nitrogen and oxygen atoms in total. The van der Waals surface area contributed by atoms with Gasteiger partial charge in [-0.3, -0.25) is 20.4 Å². The molecule has 2 amide bonds. The van der Waals surface area contributed by atoms with Gasteiger partial charge >= 0.3 is 12.4 Å². The van der Waals surface area contributed by atoms with Crippen molar-refractivity contribution < 1.29 is 44.3 Å². The zero-order chi connectivity index (χ0) is 27.3. The Morgan fingerprint density at radius 3 is 2.03 bits per heavy atom. The first kappa shape index (κ1) is 29.7. The van der Waals surface area contributed by atoms with Gasteiger partial charge in [-0.25, -0.2) is 8.42 Å². The van der Waals surface area contributed by atoms with Gasteiger partial charge in [-0.05, 0) is 48.8 Å². The molecular weight excluding hydrogens is 560 g/mol. The molecule has 0 saturated carbocycles. The minimum Gasteiger partial charge on any atom is -0.271 e. The second-order valence-corrected chi connectivity index (χ2v) is 10.2. The molecular formula is C20H18ClF6N3O4S2. The van der Waals surface area contributed by atoms with Gasteiger partial charge in [0.15, 0.2) is 0 Å². The number of carbonyl (C=O) groups is 2. The standard InChI is InChI=1S/C20H18ClF6N3O4S2/c1-35-7-6-16(18(32)29-28-17(31)14-4-2-3-5-15(14)21)30-36(33,34)13-9-11(19(22,23)24)8-12(10-13)20(25,26)27/h2-5,8-10,16,30H,6-7H2,1H3,(H,28,31)(H,29,32)/t16-/m1/s1. The van der Waals surface area contributed by atoms with Crippen molar-refractivity contribution in [2.75, 3.05) is 12.0 Å². The maximum absolute atomic E-state index is 13.1. The zero-order valence-electron chi connectivity index (χ0n) is 18.1. The highest BCUT2D eigenvalue weighted by atomic mass is 35.5. The summed E-state index contributed by atoms with van der Waals surface area (Å²) in [5, 5.41) is 0.0499. The number of thioether (sulfide) groups is 1. The molecule has 0 aliphatic carbocycles. The van der Waals surface area contributed by atoms with Crippen molar-refractivity contribution in [3.05, 3.63) is 64.2 Å². The highest BCUT2D eigenvalue weighted by molar-refractivity contribution is 7.98. The highest BCUT2D eigenvalue weighted by Crippen LogP contribution is 2.37. The Morgan fingerprint density at radius 2 is 1.53 bits per heavy atom. The Bertz CT molecular complexity index is 1190. The third-order valence-corrected chi connectivity index (χ3v) is 6.94. The normalized spacial score (nSPS) is 13.2. The van der Waals surface area contributed by atoms with Crippen LogP contribution in [-0.2, 0) is 27.2 Å². The quantitative estimate of drug-likeness (QED) is 0.322. The maximum atomic E-state index is 13.1. The van der Waals surface area contributed by atoms with Crippen LogP contribution in [0.2, 0.25) is 5.02 Å². The van der Waals surface area contributed by atoms with Crippen LogP contribution in [0.1, 0.15) is 27.9 Å². The largest absolute Gasteiger partial charge is 0.416 e. The predicted molar refractivity (Wildman–Crippen MR) is 121 cm³/mol. The summed E-state index contributed by atoms with van der Waals surface area (Å²) in [5.74, 6) is -1.79. The van der Waals surface area contributed by atoms with Gasteiger partial charge in [0.2, 0.25) is 10.0 Å². The Balaban J connectivity index is 2.31. The summed E-state index contributed by atoms with van der Waals surface area (Å²) >= 11 is 7.07. The molecule has 0 fully saturated rings. The topological polar surface area (TPSA) is 104 Å². The molecule has 2 aromatic rings. The molecule has 0 radical (unpaired) electrons. The van der Waals surface area contributed by atoms with E-state index in [0.717, 1.165) is 0 Å². The molecule has 0 aromatic heterocycles. The number of rotatable bonds is 8. The molecule has 1 atom stereocenters. The Hall–Kier alpha value is -2.49. The number of hydrazine groups is 1. The summed E-state index contributed by atoms with van der Waals surface area (Å²) in [6.45, 7) is 0. The van der Waals surface area contributed by atoms with Gasteiger partial charge in [0.25, 0.3) is 11.8 Å². The fourth-order valence-electron chi connectivity index (χ4n) is 2.73. The van der Waals surface area contributed by atoms with Crippen LogP contribution in [-0.4, -0.2) is 38.3 Å². The second kappa shape index (κ2) is 11.7. The molecule has 16 heteroatoms. The van der Waals surface area contributed by atoms with Crippen molar-refractivity contribution >= 4 is 45.2 Å². The highest BCUT2D eigenvalue weighted by Gasteiger charge is 2.39. The zero-order valence-corrected chi connectivity index (χ0v) is 20.5. The lowest BCUT2D eigenvalue weighted by Gasteiger charge is -2.20. The van der Waals surface area contributed by atoms with Crippen molar-refractivity contribution in [3.8, 4) is 0 Å². The number of nitrogens with one attached hydrogen (secondary N) is 3. The van der Waals surface area contributed by atoms with E-state index in [-0.39, 0.29) is 41.0 Å². The van der Waals surface area contributed by atoms with Crippen molar-refractivity contribution in [3.63, 3.8) is 0 Å². The van der Waals surface area contributed by atoms with Gasteiger partial charge < -0.3 is 0 Å². The van der Waals surface area contributed by atoms with E-state index in [9.17, 15) is 44.3 Å². The monoisotopic (exact) mass is 577 g/mol. The summed E-state index contributed by atoms with van der Waals surface area (Å²) in [4.78, 5) is 23.4. The van der Waals surface area contributed by atoms with Crippen LogP contribution in [0.15, 0.2) is 47.4 Å². The molecule has 2 aromatic carbocycles. The predicted octanol–water partition coefficient (Wildman–Crippen LogP) is 4.24. The summed E-state index contributed by atoms with van der Waals surface area (Å²) in [5.41, 5.74) is 0.287. The fourth-order valence-corrected chi connectivity index (χ4v) is 4.73. The molecule has 0 saturated heterocycles. The number of hydrogen-bond acceptors (Lipinski definition) is 5. The lowest BCUT2D eigenvalue weighted by atomic mass is 10.1. The van der Waals surface area contributed by atoms with Crippen LogP contribution >= 0.6 is 23.4 Å². The fraction of sp³-hybridized carbons (Fsp3) is 0.300. The Morgan fingerprint density at radius 1 is 0.972 bits per heavy atom. The van der Waals surface area contributed by atoms with E-state index in [0.29, 0.717) is 0 Å². The number of hydrogen-bond donors (Lipinski definition) is 3. The molecule has 0 heterocycles. The lowest BCUT2D eigenvalue weighted by Crippen LogP contribution is -2.52. The van der Waals surface area contributed by atoms with Crippen molar-refractivity contribution in [2.45, 2.75) is 29.7 Å². The van der Waals surface area contributed by atoms with Crippen molar-refractivity contribution in [1.29, 1.82) is 0 Å². The average molecular weight is 578 g/mol. The van der Waals surface area contributed by atoms with Gasteiger partial charge in [0, 0.05) is 0 Å². The summed E-state index contributed by atoms with van der Waals surface area (Å²) in [6, 6.07) is 3.95. The number of halogens is 7. The summed E-state index contributed by atoms with van der Waals surface area (Å²) in [6.07, 6.45) is -9.14. The van der Waals surface area contributed by atoms with E-state index in [1.54, 1.807) is 12.3 Å². The van der Waals surface area contributed by atoms with Crippen LogP contribution < -0.4 is 15.6 Å². The van der Waals surface area contributed by atoms with Gasteiger partial charge in [0.05, 0.1) is 26.6 Å². The minimum absolute atomic E-state index is 0.0237. The van der Waals surface area contributed by atoms with E-state index < -0.39 is 56.3 Å². The first-order valence-corrected chi connectivity index (χ1v) is 13.0. The average Bonchev–Trinajstić information content (AvgIpc) is 2.78. The SMILES string of the molecule is CSCC[C@@H](NS(=O)(=O)c1cc(C(F)(F)F)cc(C(F)(F)F)c1)C(=O)NNC(=O)c1ccccc1Cl. The van der Waals surface area contributed by atoms with Crippen LogP contribution in [0.25, 0.3) is 0 Å². The lowest BCUT2D eigenvalue weighted by molar-refractivity contribution is -0.143. The smallest absolute Gasteiger partial charge is 0.271 e. The molecule has 0 spiro atoms. The third kappa shape index (κ3) is 8.01. The van der Waals surface area contributed by atoms with E-state index in [4.69, 9.17) is 11.6 Å². The Kier molecular flexibility index (Phi) is 9.67.